The molecule has 2 atom stereocenters. The molecule has 2 N–H and O–H groups in total. The summed E-state index contributed by atoms with van der Waals surface area (Å²) in [4.78, 5) is 0. The first-order chi connectivity index (χ1) is 9.20. The summed E-state index contributed by atoms with van der Waals surface area (Å²) >= 11 is 3.97. The quantitative estimate of drug-likeness (QED) is 0.736. The molecule has 0 spiro atoms. The number of ether oxygens (including phenoxy) is 1. The van der Waals surface area contributed by atoms with E-state index in [1.54, 1.807) is 24.3 Å². The predicted molar refractivity (Wildman–Crippen MR) is 77.8 cm³/mol. The summed E-state index contributed by atoms with van der Waals surface area (Å²) in [6.45, 7) is 0. The molecule has 0 bridgehead atoms. The second-order valence-electron chi connectivity index (χ2n) is 4.18. The second kappa shape index (κ2) is 6.61. The molecule has 19 heavy (non-hydrogen) atoms. The highest BCUT2D eigenvalue weighted by Gasteiger charge is 2.17. The van der Waals surface area contributed by atoms with Crippen LogP contribution in [0.3, 0.4) is 0 Å². The van der Waals surface area contributed by atoms with Crippen molar-refractivity contribution in [2.24, 2.45) is 0 Å². The van der Waals surface area contributed by atoms with E-state index in [0.29, 0.717) is 11.3 Å². The summed E-state index contributed by atoms with van der Waals surface area (Å²) in [6, 6.07) is 16.4. The zero-order valence-corrected chi connectivity index (χ0v) is 11.2. The Balaban J connectivity index is 2.15. The van der Waals surface area contributed by atoms with E-state index in [-0.39, 0.29) is 5.75 Å². The van der Waals surface area contributed by atoms with Crippen LogP contribution in [0.2, 0.25) is 0 Å². The number of rotatable bonds is 5. The summed E-state index contributed by atoms with van der Waals surface area (Å²) in [6.07, 6.45) is -1.85. The number of benzene rings is 2. The van der Waals surface area contributed by atoms with E-state index in [9.17, 15) is 10.2 Å². The minimum absolute atomic E-state index is 0.199. The third-order valence-corrected chi connectivity index (χ3v) is 3.10. The van der Waals surface area contributed by atoms with Crippen LogP contribution in [0.25, 0.3) is 0 Å². The van der Waals surface area contributed by atoms with E-state index >= 15 is 0 Å². The molecule has 0 radical (unpaired) electrons. The van der Waals surface area contributed by atoms with Crippen molar-refractivity contribution in [2.75, 3.05) is 5.75 Å². The van der Waals surface area contributed by atoms with Crippen LogP contribution in [-0.4, -0.2) is 22.1 Å². The van der Waals surface area contributed by atoms with Gasteiger partial charge in [0.15, 0.2) is 0 Å². The molecule has 0 fully saturated rings. The van der Waals surface area contributed by atoms with Gasteiger partial charge in [-0.05, 0) is 29.8 Å². The van der Waals surface area contributed by atoms with Gasteiger partial charge in [-0.1, -0.05) is 30.3 Å². The van der Waals surface area contributed by atoms with Gasteiger partial charge in [0.05, 0.1) is 6.10 Å². The predicted octanol–water partition coefficient (Wildman–Crippen LogP) is 2.80. The largest absolute Gasteiger partial charge is 0.457 e. The Kier molecular flexibility index (Phi) is 4.85. The molecule has 0 saturated carbocycles. The Hall–Kier alpha value is -1.49. The summed E-state index contributed by atoms with van der Waals surface area (Å²) in [5, 5.41) is 19.5. The molecule has 100 valence electrons. The molecule has 0 aromatic heterocycles. The SMILES string of the molecule is OC(CS)C(O)c1cccc(Oc2ccccc2)c1. The van der Waals surface area contributed by atoms with Gasteiger partial charge in [0.1, 0.15) is 17.6 Å². The fourth-order valence-corrected chi connectivity index (χ4v) is 1.91. The van der Waals surface area contributed by atoms with Gasteiger partial charge < -0.3 is 14.9 Å². The molecule has 0 amide bonds. The molecule has 0 saturated heterocycles. The Bertz CT molecular complexity index is 516. The van der Waals surface area contributed by atoms with Gasteiger partial charge in [-0.2, -0.15) is 12.6 Å². The van der Waals surface area contributed by atoms with Crippen LogP contribution in [0.5, 0.6) is 11.5 Å². The van der Waals surface area contributed by atoms with Crippen molar-refractivity contribution in [1.29, 1.82) is 0 Å². The van der Waals surface area contributed by atoms with Crippen molar-refractivity contribution in [2.45, 2.75) is 12.2 Å². The number of hydrogen-bond donors (Lipinski definition) is 3. The van der Waals surface area contributed by atoms with E-state index in [2.05, 4.69) is 12.6 Å². The standard InChI is InChI=1S/C15H16O3S/c16-14(10-19)15(17)11-5-4-8-13(9-11)18-12-6-2-1-3-7-12/h1-9,14-17,19H,10H2. The van der Waals surface area contributed by atoms with Gasteiger partial charge in [0.25, 0.3) is 0 Å². The maximum absolute atomic E-state index is 9.93. The van der Waals surface area contributed by atoms with Crippen LogP contribution < -0.4 is 4.74 Å². The Labute approximate surface area is 117 Å². The fraction of sp³-hybridized carbons (Fsp3) is 0.200. The fourth-order valence-electron chi connectivity index (χ4n) is 1.71. The van der Waals surface area contributed by atoms with Crippen LogP contribution in [0, 0.1) is 0 Å². The summed E-state index contributed by atoms with van der Waals surface area (Å²) in [5.74, 6) is 1.54. The number of thiol groups is 1. The van der Waals surface area contributed by atoms with Crippen molar-refractivity contribution in [1.82, 2.24) is 0 Å². The van der Waals surface area contributed by atoms with Gasteiger partial charge in [0.2, 0.25) is 0 Å². The molecule has 2 aromatic rings. The van der Waals surface area contributed by atoms with E-state index in [1.807, 2.05) is 30.3 Å². The van der Waals surface area contributed by atoms with E-state index in [4.69, 9.17) is 4.74 Å². The van der Waals surface area contributed by atoms with Crippen molar-refractivity contribution in [3.63, 3.8) is 0 Å². The number of aliphatic hydroxyl groups is 2. The lowest BCUT2D eigenvalue weighted by Crippen LogP contribution is -2.19. The maximum Gasteiger partial charge on any atom is 0.127 e. The highest BCUT2D eigenvalue weighted by molar-refractivity contribution is 7.80. The molecule has 2 unspecified atom stereocenters. The minimum Gasteiger partial charge on any atom is -0.457 e. The van der Waals surface area contributed by atoms with Crippen molar-refractivity contribution < 1.29 is 14.9 Å². The monoisotopic (exact) mass is 276 g/mol. The van der Waals surface area contributed by atoms with Crippen LogP contribution in [0.15, 0.2) is 54.6 Å². The topological polar surface area (TPSA) is 49.7 Å². The van der Waals surface area contributed by atoms with Crippen LogP contribution in [0.1, 0.15) is 11.7 Å². The van der Waals surface area contributed by atoms with Gasteiger partial charge in [-0.3, -0.25) is 0 Å². The van der Waals surface area contributed by atoms with Gasteiger partial charge in [-0.15, -0.1) is 0 Å². The first-order valence-electron chi connectivity index (χ1n) is 6.00. The van der Waals surface area contributed by atoms with Crippen molar-refractivity contribution >= 4 is 12.6 Å². The molecular weight excluding hydrogens is 260 g/mol. The van der Waals surface area contributed by atoms with Crippen molar-refractivity contribution in [3.05, 3.63) is 60.2 Å². The van der Waals surface area contributed by atoms with Crippen molar-refractivity contribution in [3.8, 4) is 11.5 Å². The first kappa shape index (κ1) is 13.9. The van der Waals surface area contributed by atoms with Gasteiger partial charge in [-0.25, -0.2) is 0 Å². The number of hydrogen-bond acceptors (Lipinski definition) is 4. The molecule has 2 rings (SSSR count). The Morgan fingerprint density at radius 3 is 2.32 bits per heavy atom. The Morgan fingerprint density at radius 2 is 1.63 bits per heavy atom. The lowest BCUT2D eigenvalue weighted by Gasteiger charge is -2.17. The van der Waals surface area contributed by atoms with E-state index in [1.165, 1.54) is 0 Å². The highest BCUT2D eigenvalue weighted by Crippen LogP contribution is 2.25. The number of aliphatic hydroxyl groups excluding tert-OH is 2. The van der Waals surface area contributed by atoms with Crippen LogP contribution in [-0.2, 0) is 0 Å². The molecule has 0 aliphatic carbocycles. The number of para-hydroxylation sites is 1. The average molecular weight is 276 g/mol. The maximum atomic E-state index is 9.93. The van der Waals surface area contributed by atoms with E-state index < -0.39 is 12.2 Å². The molecule has 2 aromatic carbocycles. The third-order valence-electron chi connectivity index (χ3n) is 2.73. The minimum atomic E-state index is -0.961. The molecule has 0 aliphatic rings. The average Bonchev–Trinajstić information content (AvgIpc) is 2.47. The molecular formula is C15H16O3S. The van der Waals surface area contributed by atoms with Gasteiger partial charge >= 0.3 is 0 Å². The van der Waals surface area contributed by atoms with Crippen LogP contribution in [0.4, 0.5) is 0 Å². The summed E-state index contributed by atoms with van der Waals surface area (Å²) < 4.78 is 5.67. The lowest BCUT2D eigenvalue weighted by atomic mass is 10.1. The van der Waals surface area contributed by atoms with E-state index in [0.717, 1.165) is 5.75 Å². The summed E-state index contributed by atoms with van der Waals surface area (Å²) in [7, 11) is 0. The molecule has 4 heteroatoms. The second-order valence-corrected chi connectivity index (χ2v) is 4.55. The summed E-state index contributed by atoms with van der Waals surface area (Å²) in [5.41, 5.74) is 0.606. The first-order valence-corrected chi connectivity index (χ1v) is 6.64. The normalized spacial score (nSPS) is 13.8. The molecule has 0 heterocycles. The van der Waals surface area contributed by atoms with Gasteiger partial charge in [0, 0.05) is 5.75 Å². The zero-order valence-electron chi connectivity index (χ0n) is 10.3. The highest BCUT2D eigenvalue weighted by atomic mass is 32.1. The Morgan fingerprint density at radius 1 is 0.947 bits per heavy atom. The third kappa shape index (κ3) is 3.73. The zero-order chi connectivity index (χ0) is 13.7. The lowest BCUT2D eigenvalue weighted by molar-refractivity contribution is 0.0337. The smallest absolute Gasteiger partial charge is 0.127 e. The molecule has 0 aliphatic heterocycles. The van der Waals surface area contributed by atoms with Crippen LogP contribution >= 0.6 is 12.6 Å². The molecule has 3 nitrogen and oxygen atoms in total.